The number of aromatic nitrogens is 1. The van der Waals surface area contributed by atoms with Gasteiger partial charge in [-0.15, -0.1) is 11.3 Å². The maximum absolute atomic E-state index is 12.7. The van der Waals surface area contributed by atoms with Crippen molar-refractivity contribution in [1.82, 2.24) is 15.2 Å². The Hall–Kier alpha value is -2.97. The molecule has 0 spiro atoms. The third-order valence-corrected chi connectivity index (χ3v) is 6.63. The number of hydrogen-bond donors (Lipinski definition) is 2. The number of ether oxygens (including phenoxy) is 1. The predicted molar refractivity (Wildman–Crippen MR) is 127 cm³/mol. The summed E-state index contributed by atoms with van der Waals surface area (Å²) in [5, 5.41) is 6.99. The second kappa shape index (κ2) is 9.45. The first-order valence-corrected chi connectivity index (χ1v) is 11.3. The van der Waals surface area contributed by atoms with Gasteiger partial charge in [0.15, 0.2) is 5.11 Å². The van der Waals surface area contributed by atoms with Gasteiger partial charge in [0.05, 0.1) is 30.6 Å². The van der Waals surface area contributed by atoms with Crippen molar-refractivity contribution >= 4 is 40.3 Å². The molecule has 2 atom stereocenters. The van der Waals surface area contributed by atoms with Crippen molar-refractivity contribution in [3.8, 4) is 5.75 Å². The van der Waals surface area contributed by atoms with E-state index < -0.39 is 0 Å². The number of thiocarbonyl (C=S) groups is 1. The molecule has 2 N–H and O–H groups in total. The van der Waals surface area contributed by atoms with Gasteiger partial charge in [-0.05, 0) is 55.5 Å². The number of hydrogen-bond acceptors (Lipinski definition) is 5. The normalized spacial score (nSPS) is 18.0. The standard InChI is InChI=1S/C23H24N4O2S2/c1-15-10-11-19(31-15)22-21(17-8-5-6-13-24-17)26-23(30)27(22)14-12-20(28)25-16-7-3-4-9-18(16)29-2/h3-11,13,21-22H,12,14H2,1-2H3,(H,25,28)(H,26,30). The fraction of sp³-hybridized carbons (Fsp3) is 0.261. The summed E-state index contributed by atoms with van der Waals surface area (Å²) in [6, 6.07) is 17.4. The van der Waals surface area contributed by atoms with Crippen LogP contribution >= 0.6 is 23.6 Å². The van der Waals surface area contributed by atoms with Gasteiger partial charge in [-0.3, -0.25) is 9.78 Å². The van der Waals surface area contributed by atoms with E-state index in [-0.39, 0.29) is 18.0 Å². The van der Waals surface area contributed by atoms with Gasteiger partial charge in [-0.1, -0.05) is 18.2 Å². The average Bonchev–Trinajstić information content (AvgIpc) is 3.35. The Balaban J connectivity index is 1.52. The van der Waals surface area contributed by atoms with Gasteiger partial charge in [-0.25, -0.2) is 0 Å². The molecule has 1 aliphatic rings. The molecule has 31 heavy (non-hydrogen) atoms. The molecule has 8 heteroatoms. The van der Waals surface area contributed by atoms with E-state index in [4.69, 9.17) is 17.0 Å². The fourth-order valence-electron chi connectivity index (χ4n) is 3.75. The summed E-state index contributed by atoms with van der Waals surface area (Å²) in [4.78, 5) is 21.8. The molecule has 3 heterocycles. The molecule has 0 aliphatic carbocycles. The van der Waals surface area contributed by atoms with E-state index in [0.717, 1.165) is 5.69 Å². The zero-order valence-corrected chi connectivity index (χ0v) is 19.0. The van der Waals surface area contributed by atoms with Gasteiger partial charge in [0.25, 0.3) is 0 Å². The summed E-state index contributed by atoms with van der Waals surface area (Å²) in [6.07, 6.45) is 2.09. The zero-order chi connectivity index (χ0) is 21.8. The first-order chi connectivity index (χ1) is 15.1. The number of para-hydroxylation sites is 2. The molecule has 2 unspecified atom stereocenters. The minimum absolute atomic E-state index is 0.0137. The molecule has 2 aromatic heterocycles. The SMILES string of the molecule is COc1ccccc1NC(=O)CCN1C(=S)NC(c2ccccn2)C1c1ccc(C)s1. The van der Waals surface area contributed by atoms with Crippen LogP contribution in [0.1, 0.15) is 34.0 Å². The Kier molecular flexibility index (Phi) is 6.48. The van der Waals surface area contributed by atoms with E-state index in [1.54, 1.807) is 24.6 Å². The number of pyridine rings is 1. The van der Waals surface area contributed by atoms with Crippen LogP contribution in [0.4, 0.5) is 5.69 Å². The summed E-state index contributed by atoms with van der Waals surface area (Å²) in [7, 11) is 1.59. The topological polar surface area (TPSA) is 66.5 Å². The van der Waals surface area contributed by atoms with E-state index in [1.807, 2.05) is 42.5 Å². The Morgan fingerprint density at radius 1 is 1.23 bits per heavy atom. The lowest BCUT2D eigenvalue weighted by atomic mass is 10.0. The number of amides is 1. The predicted octanol–water partition coefficient (Wildman–Crippen LogP) is 4.46. The van der Waals surface area contributed by atoms with Gasteiger partial charge in [-0.2, -0.15) is 0 Å². The first kappa shape index (κ1) is 21.3. The summed E-state index contributed by atoms with van der Waals surface area (Å²) in [6.45, 7) is 2.59. The molecule has 0 bridgehead atoms. The molecule has 1 fully saturated rings. The number of benzene rings is 1. The second-order valence-electron chi connectivity index (χ2n) is 7.27. The maximum Gasteiger partial charge on any atom is 0.226 e. The number of rotatable bonds is 7. The molecule has 0 radical (unpaired) electrons. The van der Waals surface area contributed by atoms with Gasteiger partial charge < -0.3 is 20.3 Å². The van der Waals surface area contributed by atoms with Crippen LogP contribution in [0.2, 0.25) is 0 Å². The molecule has 6 nitrogen and oxygen atoms in total. The number of methoxy groups -OCH3 is 1. The van der Waals surface area contributed by atoms with Crippen LogP contribution in [0.3, 0.4) is 0 Å². The van der Waals surface area contributed by atoms with Crippen LogP contribution in [0.15, 0.2) is 60.8 Å². The van der Waals surface area contributed by atoms with E-state index in [9.17, 15) is 4.79 Å². The first-order valence-electron chi connectivity index (χ1n) is 10.0. The summed E-state index contributed by atoms with van der Waals surface area (Å²) >= 11 is 7.41. The lowest BCUT2D eigenvalue weighted by molar-refractivity contribution is -0.116. The summed E-state index contributed by atoms with van der Waals surface area (Å²) in [5.41, 5.74) is 1.59. The van der Waals surface area contributed by atoms with Crippen LogP contribution in [0.25, 0.3) is 0 Å². The molecule has 1 aliphatic heterocycles. The number of carbonyl (C=O) groups excluding carboxylic acids is 1. The van der Waals surface area contributed by atoms with Crippen molar-refractivity contribution in [3.63, 3.8) is 0 Å². The number of aryl methyl sites for hydroxylation is 1. The molecule has 1 saturated heterocycles. The smallest absolute Gasteiger partial charge is 0.226 e. The molecular weight excluding hydrogens is 428 g/mol. The number of thiophene rings is 1. The van der Waals surface area contributed by atoms with E-state index in [2.05, 4.69) is 39.6 Å². The minimum Gasteiger partial charge on any atom is -0.495 e. The van der Waals surface area contributed by atoms with Crippen LogP contribution in [0, 0.1) is 6.92 Å². The van der Waals surface area contributed by atoms with Crippen LogP contribution in [0.5, 0.6) is 5.75 Å². The van der Waals surface area contributed by atoms with Gasteiger partial charge in [0.2, 0.25) is 5.91 Å². The van der Waals surface area contributed by atoms with Crippen LogP contribution in [-0.4, -0.2) is 34.6 Å². The highest BCUT2D eigenvalue weighted by Gasteiger charge is 2.40. The van der Waals surface area contributed by atoms with E-state index >= 15 is 0 Å². The van der Waals surface area contributed by atoms with Crippen molar-refractivity contribution in [1.29, 1.82) is 0 Å². The highest BCUT2D eigenvalue weighted by atomic mass is 32.1. The number of carbonyl (C=O) groups is 1. The number of nitrogens with one attached hydrogen (secondary N) is 2. The molecule has 0 saturated carbocycles. The minimum atomic E-state index is -0.0882. The maximum atomic E-state index is 12.7. The molecule has 1 aromatic carbocycles. The molecule has 160 valence electrons. The lowest BCUT2D eigenvalue weighted by Crippen LogP contribution is -2.32. The van der Waals surface area contributed by atoms with E-state index in [0.29, 0.717) is 29.5 Å². The second-order valence-corrected chi connectivity index (χ2v) is 8.97. The highest BCUT2D eigenvalue weighted by Crippen LogP contribution is 2.41. The molecule has 3 aromatic rings. The number of nitrogens with zero attached hydrogens (tertiary/aromatic N) is 2. The number of anilines is 1. The van der Waals surface area contributed by atoms with Crippen molar-refractivity contribution in [2.45, 2.75) is 25.4 Å². The van der Waals surface area contributed by atoms with E-state index in [1.165, 1.54) is 9.75 Å². The fourth-order valence-corrected chi connectivity index (χ4v) is 5.11. The van der Waals surface area contributed by atoms with Crippen LogP contribution in [-0.2, 0) is 4.79 Å². The Morgan fingerprint density at radius 2 is 2.03 bits per heavy atom. The van der Waals surface area contributed by atoms with Crippen molar-refractivity contribution in [3.05, 3.63) is 76.2 Å². The van der Waals surface area contributed by atoms with Gasteiger partial charge in [0, 0.05) is 28.9 Å². The molecule has 1 amide bonds. The highest BCUT2D eigenvalue weighted by molar-refractivity contribution is 7.80. The van der Waals surface area contributed by atoms with Crippen molar-refractivity contribution < 1.29 is 9.53 Å². The van der Waals surface area contributed by atoms with Gasteiger partial charge in [0.1, 0.15) is 5.75 Å². The molecule has 4 rings (SSSR count). The lowest BCUT2D eigenvalue weighted by Gasteiger charge is -2.26. The third kappa shape index (κ3) is 4.70. The zero-order valence-electron chi connectivity index (χ0n) is 17.4. The quantitative estimate of drug-likeness (QED) is 0.516. The summed E-state index contributed by atoms with van der Waals surface area (Å²) in [5.74, 6) is 0.547. The average molecular weight is 453 g/mol. The Morgan fingerprint density at radius 3 is 2.74 bits per heavy atom. The Bertz CT molecular complexity index is 1070. The van der Waals surface area contributed by atoms with Crippen molar-refractivity contribution in [2.75, 3.05) is 19.0 Å². The largest absolute Gasteiger partial charge is 0.495 e. The molecular formula is C23H24N4O2S2. The Labute approximate surface area is 191 Å². The monoisotopic (exact) mass is 452 g/mol. The van der Waals surface area contributed by atoms with Gasteiger partial charge >= 0.3 is 0 Å². The van der Waals surface area contributed by atoms with Crippen molar-refractivity contribution in [2.24, 2.45) is 0 Å². The summed E-state index contributed by atoms with van der Waals surface area (Å²) < 4.78 is 5.32. The van der Waals surface area contributed by atoms with Crippen LogP contribution < -0.4 is 15.4 Å². The third-order valence-electron chi connectivity index (χ3n) is 5.21.